The zero-order valence-corrected chi connectivity index (χ0v) is 17.9. The molecule has 31 heavy (non-hydrogen) atoms. The van der Waals surface area contributed by atoms with Crippen molar-refractivity contribution in [2.75, 3.05) is 0 Å². The van der Waals surface area contributed by atoms with Gasteiger partial charge in [-0.3, -0.25) is 4.79 Å². The number of halogens is 1. The van der Waals surface area contributed by atoms with E-state index in [2.05, 4.69) is 10.3 Å². The van der Waals surface area contributed by atoms with Crippen LogP contribution in [0.3, 0.4) is 0 Å². The summed E-state index contributed by atoms with van der Waals surface area (Å²) in [5, 5.41) is 3.77. The Bertz CT molecular complexity index is 995. The van der Waals surface area contributed by atoms with Crippen LogP contribution in [0.15, 0.2) is 72.9 Å². The number of ether oxygens (including phenoxy) is 2. The number of rotatable bonds is 7. The van der Waals surface area contributed by atoms with Gasteiger partial charge in [-0.2, -0.15) is 0 Å². The lowest BCUT2D eigenvalue weighted by Gasteiger charge is -2.32. The first-order valence-corrected chi connectivity index (χ1v) is 10.9. The van der Waals surface area contributed by atoms with E-state index in [1.807, 2.05) is 30.3 Å². The molecule has 1 aromatic heterocycles. The second-order valence-electron chi connectivity index (χ2n) is 7.61. The largest absolute Gasteiger partial charge is 0.438 e. The minimum Gasteiger partial charge on any atom is -0.438 e. The van der Waals surface area contributed by atoms with E-state index in [1.54, 1.807) is 42.6 Å². The molecule has 0 aliphatic heterocycles. The fourth-order valence-corrected chi connectivity index (χ4v) is 3.87. The zero-order valence-electron chi connectivity index (χ0n) is 17.2. The van der Waals surface area contributed by atoms with Crippen molar-refractivity contribution in [3.63, 3.8) is 0 Å². The smallest absolute Gasteiger partial charge is 0.257 e. The number of benzene rings is 2. The lowest BCUT2D eigenvalue weighted by atomic mass is 9.92. The molecule has 0 spiro atoms. The highest BCUT2D eigenvalue weighted by molar-refractivity contribution is 6.30. The first-order valence-electron chi connectivity index (χ1n) is 10.5. The second kappa shape index (κ2) is 10.4. The summed E-state index contributed by atoms with van der Waals surface area (Å²) in [6, 6.07) is 20.4. The van der Waals surface area contributed by atoms with Crippen LogP contribution in [0.4, 0.5) is 0 Å². The third-order valence-electron chi connectivity index (χ3n) is 5.37. The molecule has 1 saturated carbocycles. The number of pyridine rings is 1. The standard InChI is InChI=1S/C25H25ClN2O3/c26-19-12-14-20(15-13-19)31-25-21(9-6-16-27-25)24(29)28-22-10-4-5-11-23(22)30-17-18-7-2-1-3-8-18/h1-3,6-9,12-16,22-23H,4-5,10-11,17H2,(H,28,29)/t22-,23-/m1/s1. The molecule has 1 amide bonds. The predicted molar refractivity (Wildman–Crippen MR) is 121 cm³/mol. The van der Waals surface area contributed by atoms with Crippen molar-refractivity contribution in [3.05, 3.63) is 89.1 Å². The fourth-order valence-electron chi connectivity index (χ4n) is 3.74. The van der Waals surface area contributed by atoms with Crippen LogP contribution < -0.4 is 10.1 Å². The molecule has 6 heteroatoms. The quantitative estimate of drug-likeness (QED) is 0.509. The van der Waals surface area contributed by atoms with Crippen molar-refractivity contribution in [2.24, 2.45) is 0 Å². The van der Waals surface area contributed by atoms with Crippen molar-refractivity contribution in [1.29, 1.82) is 0 Å². The Labute approximate surface area is 187 Å². The highest BCUT2D eigenvalue weighted by atomic mass is 35.5. The lowest BCUT2D eigenvalue weighted by molar-refractivity contribution is -0.00464. The van der Waals surface area contributed by atoms with Crippen LogP contribution in [-0.2, 0) is 11.3 Å². The zero-order chi connectivity index (χ0) is 21.5. The van der Waals surface area contributed by atoms with Gasteiger partial charge in [0.1, 0.15) is 11.3 Å². The van der Waals surface area contributed by atoms with Crippen LogP contribution >= 0.6 is 11.6 Å². The van der Waals surface area contributed by atoms with E-state index in [0.29, 0.717) is 22.9 Å². The van der Waals surface area contributed by atoms with Crippen molar-refractivity contribution in [2.45, 2.75) is 44.4 Å². The third-order valence-corrected chi connectivity index (χ3v) is 5.62. The summed E-state index contributed by atoms with van der Waals surface area (Å²) in [5.74, 6) is 0.621. The molecule has 2 aromatic carbocycles. The molecule has 1 fully saturated rings. The number of aromatic nitrogens is 1. The molecule has 0 bridgehead atoms. The Balaban J connectivity index is 1.43. The number of hydrogen-bond acceptors (Lipinski definition) is 4. The molecule has 5 nitrogen and oxygen atoms in total. The maximum Gasteiger partial charge on any atom is 0.257 e. The monoisotopic (exact) mass is 436 g/mol. The highest BCUT2D eigenvalue weighted by Gasteiger charge is 2.28. The molecule has 0 saturated heterocycles. The van der Waals surface area contributed by atoms with E-state index in [1.165, 1.54) is 0 Å². The normalized spacial score (nSPS) is 18.4. The maximum absolute atomic E-state index is 13.1. The number of nitrogens with one attached hydrogen (secondary N) is 1. The Morgan fingerprint density at radius 2 is 1.77 bits per heavy atom. The Morgan fingerprint density at radius 1 is 1.00 bits per heavy atom. The summed E-state index contributed by atoms with van der Waals surface area (Å²) in [6.07, 6.45) is 5.57. The summed E-state index contributed by atoms with van der Waals surface area (Å²) in [6.45, 7) is 0.537. The van der Waals surface area contributed by atoms with Gasteiger partial charge in [0.25, 0.3) is 5.91 Å². The average molecular weight is 437 g/mol. The van der Waals surface area contributed by atoms with E-state index in [0.717, 1.165) is 31.2 Å². The SMILES string of the molecule is O=C(N[C@@H]1CCCC[C@H]1OCc1ccccc1)c1cccnc1Oc1ccc(Cl)cc1. The van der Waals surface area contributed by atoms with Crippen molar-refractivity contribution >= 4 is 17.5 Å². The molecule has 0 radical (unpaired) electrons. The molecule has 1 aliphatic rings. The summed E-state index contributed by atoms with van der Waals surface area (Å²) in [4.78, 5) is 17.3. The summed E-state index contributed by atoms with van der Waals surface area (Å²) in [5.41, 5.74) is 1.52. The number of hydrogen-bond donors (Lipinski definition) is 1. The van der Waals surface area contributed by atoms with Gasteiger partial charge in [0.05, 0.1) is 18.8 Å². The molecular weight excluding hydrogens is 412 g/mol. The summed E-state index contributed by atoms with van der Waals surface area (Å²) in [7, 11) is 0. The Morgan fingerprint density at radius 3 is 2.58 bits per heavy atom. The Hall–Kier alpha value is -2.89. The van der Waals surface area contributed by atoms with Crippen LogP contribution in [0.5, 0.6) is 11.6 Å². The van der Waals surface area contributed by atoms with Crippen LogP contribution in [0.2, 0.25) is 5.02 Å². The van der Waals surface area contributed by atoms with Crippen LogP contribution in [0.25, 0.3) is 0 Å². The van der Waals surface area contributed by atoms with Gasteiger partial charge in [-0.05, 0) is 54.8 Å². The van der Waals surface area contributed by atoms with Gasteiger partial charge < -0.3 is 14.8 Å². The topological polar surface area (TPSA) is 60.5 Å². The number of nitrogens with zero attached hydrogens (tertiary/aromatic N) is 1. The second-order valence-corrected chi connectivity index (χ2v) is 8.05. The molecule has 4 rings (SSSR count). The van der Waals surface area contributed by atoms with Crippen LogP contribution in [0.1, 0.15) is 41.6 Å². The molecule has 0 unspecified atom stereocenters. The number of amides is 1. The van der Waals surface area contributed by atoms with Gasteiger partial charge in [0.15, 0.2) is 0 Å². The molecular formula is C25H25ClN2O3. The molecule has 2 atom stereocenters. The van der Waals surface area contributed by atoms with Gasteiger partial charge in [-0.1, -0.05) is 54.8 Å². The van der Waals surface area contributed by atoms with E-state index in [4.69, 9.17) is 21.1 Å². The van der Waals surface area contributed by atoms with Crippen molar-refractivity contribution in [3.8, 4) is 11.6 Å². The van der Waals surface area contributed by atoms with E-state index >= 15 is 0 Å². The lowest BCUT2D eigenvalue weighted by Crippen LogP contribution is -2.46. The third kappa shape index (κ3) is 5.84. The molecule has 1 N–H and O–H groups in total. The first kappa shape index (κ1) is 21.3. The van der Waals surface area contributed by atoms with E-state index < -0.39 is 0 Å². The van der Waals surface area contributed by atoms with Crippen molar-refractivity contribution in [1.82, 2.24) is 10.3 Å². The highest BCUT2D eigenvalue weighted by Crippen LogP contribution is 2.26. The van der Waals surface area contributed by atoms with Gasteiger partial charge in [-0.15, -0.1) is 0 Å². The van der Waals surface area contributed by atoms with Crippen molar-refractivity contribution < 1.29 is 14.3 Å². The van der Waals surface area contributed by atoms with Crippen LogP contribution in [0, 0.1) is 0 Å². The van der Waals surface area contributed by atoms with Gasteiger partial charge >= 0.3 is 0 Å². The van der Waals surface area contributed by atoms with Gasteiger partial charge in [-0.25, -0.2) is 4.98 Å². The maximum atomic E-state index is 13.1. The van der Waals surface area contributed by atoms with E-state index in [-0.39, 0.29) is 23.9 Å². The fraction of sp³-hybridized carbons (Fsp3) is 0.280. The first-order chi connectivity index (χ1) is 15.2. The molecule has 3 aromatic rings. The number of carbonyl (C=O) groups is 1. The Kier molecular flexibility index (Phi) is 7.18. The molecule has 1 heterocycles. The summed E-state index contributed by atoms with van der Waals surface area (Å²) >= 11 is 5.94. The minimum absolute atomic E-state index is 0.0183. The summed E-state index contributed by atoms with van der Waals surface area (Å²) < 4.78 is 12.0. The average Bonchev–Trinajstić information content (AvgIpc) is 2.81. The van der Waals surface area contributed by atoms with E-state index in [9.17, 15) is 4.79 Å². The van der Waals surface area contributed by atoms with Gasteiger partial charge in [0, 0.05) is 11.2 Å². The van der Waals surface area contributed by atoms with Crippen LogP contribution in [-0.4, -0.2) is 23.0 Å². The minimum atomic E-state index is -0.211. The number of carbonyl (C=O) groups excluding carboxylic acids is 1. The predicted octanol–water partition coefficient (Wildman–Crippen LogP) is 5.79. The molecule has 1 aliphatic carbocycles. The molecule has 160 valence electrons. The van der Waals surface area contributed by atoms with Gasteiger partial charge in [0.2, 0.25) is 5.88 Å².